The predicted octanol–water partition coefficient (Wildman–Crippen LogP) is 1.64. The van der Waals surface area contributed by atoms with E-state index < -0.39 is 11.6 Å². The van der Waals surface area contributed by atoms with Crippen molar-refractivity contribution >= 4 is 11.0 Å². The minimum atomic E-state index is -0.616. The molecule has 1 fully saturated rings. The average molecular weight is 266 g/mol. The van der Waals surface area contributed by atoms with E-state index in [-0.39, 0.29) is 5.52 Å². The highest BCUT2D eigenvalue weighted by molar-refractivity contribution is 5.75. The second kappa shape index (κ2) is 5.22. The van der Waals surface area contributed by atoms with Gasteiger partial charge in [0.05, 0.1) is 12.1 Å². The van der Waals surface area contributed by atoms with Gasteiger partial charge in [-0.15, -0.1) is 0 Å². The zero-order valence-corrected chi connectivity index (χ0v) is 10.5. The van der Waals surface area contributed by atoms with E-state index in [9.17, 15) is 8.78 Å². The Morgan fingerprint density at radius 2 is 2.11 bits per heavy atom. The Hall–Kier alpha value is -1.53. The van der Waals surface area contributed by atoms with Crippen LogP contribution in [-0.4, -0.2) is 41.0 Å². The lowest BCUT2D eigenvalue weighted by Crippen LogP contribution is -2.28. The van der Waals surface area contributed by atoms with Gasteiger partial charge >= 0.3 is 0 Å². The normalized spacial score (nSPS) is 17.8. The molecule has 1 aromatic carbocycles. The Balaban J connectivity index is 1.83. The van der Waals surface area contributed by atoms with Crippen LogP contribution < -0.4 is 5.32 Å². The van der Waals surface area contributed by atoms with Crippen LogP contribution in [0.1, 0.15) is 12.2 Å². The van der Waals surface area contributed by atoms with Crippen LogP contribution in [-0.2, 0) is 6.54 Å². The number of rotatable bonds is 2. The second-order valence-corrected chi connectivity index (χ2v) is 4.85. The molecule has 0 bridgehead atoms. The smallest absolute Gasteiger partial charge is 0.153 e. The third kappa shape index (κ3) is 2.74. The number of hydrogen-bond donors (Lipinski definition) is 2. The summed E-state index contributed by atoms with van der Waals surface area (Å²) >= 11 is 0. The van der Waals surface area contributed by atoms with Crippen molar-refractivity contribution in [2.24, 2.45) is 0 Å². The number of benzene rings is 1. The molecule has 0 aliphatic carbocycles. The molecular formula is C13H16F2N4. The molecule has 6 heteroatoms. The minimum Gasteiger partial charge on any atom is -0.341 e. The van der Waals surface area contributed by atoms with Crippen molar-refractivity contribution in [3.05, 3.63) is 29.6 Å². The van der Waals surface area contributed by atoms with Gasteiger partial charge in [-0.05, 0) is 25.6 Å². The lowest BCUT2D eigenvalue weighted by Gasteiger charge is -2.17. The maximum absolute atomic E-state index is 13.6. The first kappa shape index (κ1) is 12.5. The summed E-state index contributed by atoms with van der Waals surface area (Å²) in [5.41, 5.74) is 0.629. The summed E-state index contributed by atoms with van der Waals surface area (Å²) in [6, 6.07) is 2.14. The van der Waals surface area contributed by atoms with Gasteiger partial charge in [-0.25, -0.2) is 13.8 Å². The Bertz CT molecular complexity index is 573. The van der Waals surface area contributed by atoms with Gasteiger partial charge < -0.3 is 10.3 Å². The van der Waals surface area contributed by atoms with E-state index in [1.54, 1.807) is 0 Å². The quantitative estimate of drug-likeness (QED) is 0.868. The highest BCUT2D eigenvalue weighted by Gasteiger charge is 2.13. The first-order chi connectivity index (χ1) is 9.22. The van der Waals surface area contributed by atoms with Crippen molar-refractivity contribution < 1.29 is 8.78 Å². The highest BCUT2D eigenvalue weighted by atomic mass is 19.1. The fraction of sp³-hybridized carbons (Fsp3) is 0.462. The van der Waals surface area contributed by atoms with Crippen molar-refractivity contribution in [2.75, 3.05) is 26.2 Å². The van der Waals surface area contributed by atoms with Gasteiger partial charge in [-0.3, -0.25) is 4.90 Å². The SMILES string of the molecule is Fc1cc(F)c2nc(CN3CCCNCC3)[nH]c2c1. The van der Waals surface area contributed by atoms with Crippen molar-refractivity contribution in [3.63, 3.8) is 0 Å². The van der Waals surface area contributed by atoms with Crippen LogP contribution in [0.25, 0.3) is 11.0 Å². The summed E-state index contributed by atoms with van der Waals surface area (Å²) in [5, 5.41) is 3.32. The number of aromatic nitrogens is 2. The van der Waals surface area contributed by atoms with Crippen molar-refractivity contribution in [1.82, 2.24) is 20.2 Å². The lowest BCUT2D eigenvalue weighted by molar-refractivity contribution is 0.278. The van der Waals surface area contributed by atoms with E-state index in [0.717, 1.165) is 38.7 Å². The number of hydrogen-bond acceptors (Lipinski definition) is 3. The van der Waals surface area contributed by atoms with E-state index in [4.69, 9.17) is 0 Å². The molecule has 0 saturated carbocycles. The standard InChI is InChI=1S/C13H16F2N4/c14-9-6-10(15)13-11(7-9)17-12(18-13)8-19-4-1-2-16-3-5-19/h6-7,16H,1-5,8H2,(H,17,18). The molecular weight excluding hydrogens is 250 g/mol. The Kier molecular flexibility index (Phi) is 3.44. The number of aromatic amines is 1. The Morgan fingerprint density at radius 3 is 3.00 bits per heavy atom. The maximum atomic E-state index is 13.6. The lowest BCUT2D eigenvalue weighted by atomic mass is 10.3. The van der Waals surface area contributed by atoms with Gasteiger partial charge in [-0.1, -0.05) is 0 Å². The van der Waals surface area contributed by atoms with E-state index >= 15 is 0 Å². The zero-order chi connectivity index (χ0) is 13.2. The third-order valence-electron chi connectivity index (χ3n) is 3.36. The maximum Gasteiger partial charge on any atom is 0.153 e. The second-order valence-electron chi connectivity index (χ2n) is 4.85. The monoisotopic (exact) mass is 266 g/mol. The van der Waals surface area contributed by atoms with Crippen molar-refractivity contribution in [1.29, 1.82) is 0 Å². The number of nitrogens with one attached hydrogen (secondary N) is 2. The van der Waals surface area contributed by atoms with Crippen LogP contribution in [0, 0.1) is 11.6 Å². The van der Waals surface area contributed by atoms with Crippen molar-refractivity contribution in [2.45, 2.75) is 13.0 Å². The van der Waals surface area contributed by atoms with Gasteiger partial charge in [-0.2, -0.15) is 0 Å². The topological polar surface area (TPSA) is 44.0 Å². The number of H-pyrrole nitrogens is 1. The molecule has 3 rings (SSSR count). The minimum absolute atomic E-state index is 0.212. The van der Waals surface area contributed by atoms with Crippen LogP contribution in [0.5, 0.6) is 0 Å². The Morgan fingerprint density at radius 1 is 1.21 bits per heavy atom. The van der Waals surface area contributed by atoms with Gasteiger partial charge in [0.1, 0.15) is 17.2 Å². The van der Waals surface area contributed by atoms with Crippen LogP contribution in [0.2, 0.25) is 0 Å². The molecule has 102 valence electrons. The fourth-order valence-corrected chi connectivity index (χ4v) is 2.44. The molecule has 4 nitrogen and oxygen atoms in total. The molecule has 2 N–H and O–H groups in total. The van der Waals surface area contributed by atoms with E-state index in [0.29, 0.717) is 17.9 Å². The summed E-state index contributed by atoms with van der Waals surface area (Å²) in [5.74, 6) is -0.518. The largest absolute Gasteiger partial charge is 0.341 e. The van der Waals surface area contributed by atoms with Gasteiger partial charge in [0.2, 0.25) is 0 Å². The molecule has 0 spiro atoms. The van der Waals surface area contributed by atoms with E-state index in [2.05, 4.69) is 20.2 Å². The summed E-state index contributed by atoms with van der Waals surface area (Å²) in [6.45, 7) is 4.53. The van der Waals surface area contributed by atoms with Crippen LogP contribution in [0.15, 0.2) is 12.1 Å². The summed E-state index contributed by atoms with van der Waals surface area (Å²) in [6.07, 6.45) is 1.09. The predicted molar refractivity (Wildman–Crippen MR) is 68.8 cm³/mol. The molecule has 1 aliphatic heterocycles. The molecule has 0 radical (unpaired) electrons. The van der Waals surface area contributed by atoms with Crippen LogP contribution in [0.4, 0.5) is 8.78 Å². The molecule has 0 amide bonds. The fourth-order valence-electron chi connectivity index (χ4n) is 2.44. The first-order valence-electron chi connectivity index (χ1n) is 6.49. The molecule has 1 saturated heterocycles. The van der Waals surface area contributed by atoms with Gasteiger partial charge in [0, 0.05) is 19.2 Å². The molecule has 1 aliphatic rings. The number of nitrogens with zero attached hydrogens (tertiary/aromatic N) is 2. The van der Waals surface area contributed by atoms with Gasteiger partial charge in [0.25, 0.3) is 0 Å². The van der Waals surface area contributed by atoms with E-state index in [1.165, 1.54) is 6.07 Å². The number of fused-ring (bicyclic) bond motifs is 1. The molecule has 1 aromatic heterocycles. The Labute approximate surface area is 109 Å². The van der Waals surface area contributed by atoms with E-state index in [1.807, 2.05) is 0 Å². The molecule has 19 heavy (non-hydrogen) atoms. The summed E-state index contributed by atoms with van der Waals surface area (Å²) in [4.78, 5) is 9.47. The summed E-state index contributed by atoms with van der Waals surface area (Å²) in [7, 11) is 0. The molecule has 2 heterocycles. The summed E-state index contributed by atoms with van der Waals surface area (Å²) < 4.78 is 26.7. The van der Waals surface area contributed by atoms with Crippen LogP contribution >= 0.6 is 0 Å². The molecule has 0 unspecified atom stereocenters. The number of imidazole rings is 1. The molecule has 0 atom stereocenters. The first-order valence-corrected chi connectivity index (χ1v) is 6.49. The average Bonchev–Trinajstić information content (AvgIpc) is 2.58. The van der Waals surface area contributed by atoms with Gasteiger partial charge in [0.15, 0.2) is 5.82 Å². The van der Waals surface area contributed by atoms with Crippen LogP contribution in [0.3, 0.4) is 0 Å². The number of halogens is 2. The highest BCUT2D eigenvalue weighted by Crippen LogP contribution is 2.18. The molecule has 2 aromatic rings. The zero-order valence-electron chi connectivity index (χ0n) is 10.5. The van der Waals surface area contributed by atoms with Crippen molar-refractivity contribution in [3.8, 4) is 0 Å². The third-order valence-corrected chi connectivity index (χ3v) is 3.36.